The molecule has 0 aliphatic carbocycles. The third kappa shape index (κ3) is 5.23. The van der Waals surface area contributed by atoms with Crippen LogP contribution in [-0.2, 0) is 4.79 Å². The molecule has 0 aliphatic rings. The number of hydrogen-bond acceptors (Lipinski definition) is 4. The van der Waals surface area contributed by atoms with Gasteiger partial charge in [-0.15, -0.1) is 0 Å². The van der Waals surface area contributed by atoms with Crippen molar-refractivity contribution in [3.8, 4) is 11.5 Å². The van der Waals surface area contributed by atoms with Gasteiger partial charge in [0, 0.05) is 17.2 Å². The summed E-state index contributed by atoms with van der Waals surface area (Å²) in [5, 5.41) is 12.1. The number of amides is 1. The van der Waals surface area contributed by atoms with Gasteiger partial charge in [-0.1, -0.05) is 26.0 Å². The summed E-state index contributed by atoms with van der Waals surface area (Å²) in [6, 6.07) is 11.6. The third-order valence-corrected chi connectivity index (χ3v) is 4.34. The third-order valence-electron chi connectivity index (χ3n) is 4.34. The molecule has 0 radical (unpaired) electrons. The molecule has 2 N–H and O–H groups in total. The lowest BCUT2D eigenvalue weighted by Crippen LogP contribution is -2.30. The normalized spacial score (nSPS) is 11.7. The Labute approximate surface area is 159 Å². The van der Waals surface area contributed by atoms with E-state index in [1.54, 1.807) is 30.3 Å². The fourth-order valence-electron chi connectivity index (χ4n) is 2.78. The van der Waals surface area contributed by atoms with E-state index in [1.807, 2.05) is 12.1 Å². The van der Waals surface area contributed by atoms with Crippen molar-refractivity contribution in [3.05, 3.63) is 59.2 Å². The molecule has 0 heterocycles. The van der Waals surface area contributed by atoms with Gasteiger partial charge in [0.05, 0.1) is 26.7 Å². The standard InChI is InChI=1S/C21H25NO5/c1-13(2)14-5-7-15(8-6-14)21(25)22-18(12-20(23)24)17-10-9-16(26-3)11-19(17)27-4/h5-11,13,18H,12H2,1-4H3,(H,22,25)(H,23,24). The average Bonchev–Trinajstić information content (AvgIpc) is 2.66. The van der Waals surface area contributed by atoms with Gasteiger partial charge in [-0.3, -0.25) is 9.59 Å². The van der Waals surface area contributed by atoms with Gasteiger partial charge in [0.25, 0.3) is 5.91 Å². The largest absolute Gasteiger partial charge is 0.497 e. The Kier molecular flexibility index (Phi) is 6.82. The summed E-state index contributed by atoms with van der Waals surface area (Å²) in [5.74, 6) is 0.0458. The Morgan fingerprint density at radius 3 is 2.22 bits per heavy atom. The summed E-state index contributed by atoms with van der Waals surface area (Å²) < 4.78 is 10.5. The fraction of sp³-hybridized carbons (Fsp3) is 0.333. The van der Waals surface area contributed by atoms with Crippen molar-refractivity contribution in [2.24, 2.45) is 0 Å². The minimum absolute atomic E-state index is 0.265. The number of carboxylic acid groups (broad SMARTS) is 1. The highest BCUT2D eigenvalue weighted by atomic mass is 16.5. The van der Waals surface area contributed by atoms with Crippen LogP contribution in [0.3, 0.4) is 0 Å². The Balaban J connectivity index is 2.29. The van der Waals surface area contributed by atoms with E-state index < -0.39 is 12.0 Å². The van der Waals surface area contributed by atoms with Gasteiger partial charge in [-0.25, -0.2) is 0 Å². The second-order valence-electron chi connectivity index (χ2n) is 6.51. The first-order valence-electron chi connectivity index (χ1n) is 8.70. The molecule has 0 bridgehead atoms. The van der Waals surface area contributed by atoms with Gasteiger partial charge in [0.2, 0.25) is 0 Å². The van der Waals surface area contributed by atoms with Gasteiger partial charge in [0.15, 0.2) is 0 Å². The Hall–Kier alpha value is -3.02. The van der Waals surface area contributed by atoms with E-state index in [4.69, 9.17) is 9.47 Å². The van der Waals surface area contributed by atoms with E-state index in [1.165, 1.54) is 14.2 Å². The number of aliphatic carboxylic acids is 1. The molecule has 1 amide bonds. The SMILES string of the molecule is COc1ccc(C(CC(=O)O)NC(=O)c2ccc(C(C)C)cc2)c(OC)c1. The van der Waals surface area contributed by atoms with E-state index in [0.717, 1.165) is 5.56 Å². The molecule has 2 aromatic carbocycles. The summed E-state index contributed by atoms with van der Waals surface area (Å²) in [7, 11) is 3.02. The number of benzene rings is 2. The molecule has 0 aromatic heterocycles. The van der Waals surface area contributed by atoms with Gasteiger partial charge in [-0.2, -0.15) is 0 Å². The number of carbonyl (C=O) groups excluding carboxylic acids is 1. The molecule has 27 heavy (non-hydrogen) atoms. The quantitative estimate of drug-likeness (QED) is 0.738. The van der Waals surface area contributed by atoms with Crippen molar-refractivity contribution >= 4 is 11.9 Å². The van der Waals surface area contributed by atoms with Crippen LogP contribution in [0.5, 0.6) is 11.5 Å². The summed E-state index contributed by atoms with van der Waals surface area (Å²) in [5.41, 5.74) is 2.18. The Bertz CT molecular complexity index is 799. The average molecular weight is 371 g/mol. The zero-order chi connectivity index (χ0) is 20.0. The first-order valence-corrected chi connectivity index (χ1v) is 8.70. The topological polar surface area (TPSA) is 84.9 Å². The van der Waals surface area contributed by atoms with Crippen molar-refractivity contribution in [2.75, 3.05) is 14.2 Å². The first-order chi connectivity index (χ1) is 12.8. The van der Waals surface area contributed by atoms with Crippen LogP contribution in [-0.4, -0.2) is 31.2 Å². The zero-order valence-electron chi connectivity index (χ0n) is 16.0. The van der Waals surface area contributed by atoms with Gasteiger partial charge in [-0.05, 0) is 35.7 Å². The minimum atomic E-state index is -1.02. The number of carboxylic acids is 1. The highest BCUT2D eigenvalue weighted by Crippen LogP contribution is 2.31. The number of rotatable bonds is 8. The lowest BCUT2D eigenvalue weighted by molar-refractivity contribution is -0.137. The zero-order valence-corrected chi connectivity index (χ0v) is 16.0. The molecular formula is C21H25NO5. The molecule has 0 saturated carbocycles. The number of hydrogen-bond donors (Lipinski definition) is 2. The fourth-order valence-corrected chi connectivity index (χ4v) is 2.78. The molecule has 0 aliphatic heterocycles. The van der Waals surface area contributed by atoms with Crippen molar-refractivity contribution < 1.29 is 24.2 Å². The maximum Gasteiger partial charge on any atom is 0.305 e. The van der Waals surface area contributed by atoms with Crippen molar-refractivity contribution in [2.45, 2.75) is 32.2 Å². The summed E-state index contributed by atoms with van der Waals surface area (Å²) in [6.07, 6.45) is -0.265. The van der Waals surface area contributed by atoms with E-state index in [2.05, 4.69) is 19.2 Å². The van der Waals surface area contributed by atoms with Gasteiger partial charge >= 0.3 is 5.97 Å². The van der Waals surface area contributed by atoms with Crippen LogP contribution in [0.15, 0.2) is 42.5 Å². The lowest BCUT2D eigenvalue weighted by atomic mass is 10.00. The number of methoxy groups -OCH3 is 2. The maximum atomic E-state index is 12.6. The smallest absolute Gasteiger partial charge is 0.305 e. The molecule has 1 atom stereocenters. The van der Waals surface area contributed by atoms with Crippen molar-refractivity contribution in [3.63, 3.8) is 0 Å². The molecule has 1 unspecified atom stereocenters. The molecule has 144 valence electrons. The first kappa shape index (κ1) is 20.3. The lowest BCUT2D eigenvalue weighted by Gasteiger charge is -2.20. The van der Waals surface area contributed by atoms with E-state index in [-0.39, 0.29) is 12.3 Å². The molecule has 2 aromatic rings. The van der Waals surface area contributed by atoms with Crippen LogP contribution >= 0.6 is 0 Å². The monoisotopic (exact) mass is 371 g/mol. The second-order valence-corrected chi connectivity index (χ2v) is 6.51. The molecule has 6 nitrogen and oxygen atoms in total. The molecule has 0 saturated heterocycles. The van der Waals surface area contributed by atoms with E-state index in [9.17, 15) is 14.7 Å². The van der Waals surface area contributed by atoms with E-state index in [0.29, 0.717) is 28.5 Å². The molecule has 6 heteroatoms. The van der Waals surface area contributed by atoms with Crippen LogP contribution < -0.4 is 14.8 Å². The highest BCUT2D eigenvalue weighted by Gasteiger charge is 2.22. The number of ether oxygens (including phenoxy) is 2. The van der Waals surface area contributed by atoms with Crippen molar-refractivity contribution in [1.82, 2.24) is 5.32 Å². The highest BCUT2D eigenvalue weighted by molar-refractivity contribution is 5.94. The summed E-state index contributed by atoms with van der Waals surface area (Å²) in [4.78, 5) is 24.0. The Morgan fingerprint density at radius 1 is 1.04 bits per heavy atom. The predicted octanol–water partition coefficient (Wildman–Crippen LogP) is 3.77. The second kappa shape index (κ2) is 9.07. The maximum absolute atomic E-state index is 12.6. The minimum Gasteiger partial charge on any atom is -0.497 e. The molecule has 2 rings (SSSR count). The van der Waals surface area contributed by atoms with E-state index >= 15 is 0 Å². The van der Waals surface area contributed by atoms with Crippen LogP contribution in [0.2, 0.25) is 0 Å². The summed E-state index contributed by atoms with van der Waals surface area (Å²) in [6.45, 7) is 4.15. The van der Waals surface area contributed by atoms with Crippen LogP contribution in [0.4, 0.5) is 0 Å². The molecule has 0 fully saturated rings. The van der Waals surface area contributed by atoms with Crippen LogP contribution in [0, 0.1) is 0 Å². The van der Waals surface area contributed by atoms with Gasteiger partial charge < -0.3 is 19.9 Å². The molecular weight excluding hydrogens is 346 g/mol. The number of carbonyl (C=O) groups is 2. The molecule has 0 spiro atoms. The van der Waals surface area contributed by atoms with Gasteiger partial charge in [0.1, 0.15) is 11.5 Å². The van der Waals surface area contributed by atoms with Crippen LogP contribution in [0.1, 0.15) is 53.7 Å². The van der Waals surface area contributed by atoms with Crippen LogP contribution in [0.25, 0.3) is 0 Å². The number of nitrogens with one attached hydrogen (secondary N) is 1. The predicted molar refractivity (Wildman–Crippen MR) is 103 cm³/mol. The summed E-state index contributed by atoms with van der Waals surface area (Å²) >= 11 is 0. The van der Waals surface area contributed by atoms with Crippen molar-refractivity contribution in [1.29, 1.82) is 0 Å². The Morgan fingerprint density at radius 2 is 1.70 bits per heavy atom.